The lowest BCUT2D eigenvalue weighted by Crippen LogP contribution is -2.32. The molecule has 1 aromatic heterocycles. The van der Waals surface area contributed by atoms with E-state index >= 15 is 0 Å². The van der Waals surface area contributed by atoms with E-state index in [1.54, 1.807) is 0 Å². The number of amides is 2. The van der Waals surface area contributed by atoms with Gasteiger partial charge in [0.2, 0.25) is 11.8 Å². The molecule has 1 unspecified atom stereocenters. The van der Waals surface area contributed by atoms with E-state index in [0.29, 0.717) is 0 Å². The second-order valence-corrected chi connectivity index (χ2v) is 7.65. The fraction of sp³-hybridized carbons (Fsp3) is 0.190. The minimum absolute atomic E-state index is 0.0147. The highest BCUT2D eigenvalue weighted by Gasteiger charge is 2.36. The zero-order valence-electron chi connectivity index (χ0n) is 15.3. The molecule has 0 spiro atoms. The highest BCUT2D eigenvalue weighted by atomic mass is 32.1. The van der Waals surface area contributed by atoms with Gasteiger partial charge in [-0.2, -0.15) is 0 Å². The molecule has 1 saturated heterocycles. The Balaban J connectivity index is 1.37. The minimum Gasteiger partial charge on any atom is -0.349 e. The molecule has 1 aliphatic heterocycles. The number of nitrogens with one attached hydrogen (secondary N) is 1. The van der Waals surface area contributed by atoms with Gasteiger partial charge in [0.15, 0.2) is 0 Å². The SMILES string of the molecule is O=C(NCc1nc(-c2ccccc2)cs1)C1CC(=O)N(c2ccc(F)cc2F)C1. The van der Waals surface area contributed by atoms with E-state index in [2.05, 4.69) is 10.3 Å². The number of rotatable bonds is 5. The molecular formula is C21H17F2N3O2S. The van der Waals surface area contributed by atoms with Crippen LogP contribution >= 0.6 is 11.3 Å². The Morgan fingerprint density at radius 1 is 1.21 bits per heavy atom. The molecule has 1 aliphatic rings. The second kappa shape index (κ2) is 8.08. The topological polar surface area (TPSA) is 62.3 Å². The zero-order chi connectivity index (χ0) is 20.4. The van der Waals surface area contributed by atoms with Crippen LogP contribution in [0.2, 0.25) is 0 Å². The zero-order valence-corrected chi connectivity index (χ0v) is 16.1. The van der Waals surface area contributed by atoms with Crippen molar-refractivity contribution in [2.75, 3.05) is 11.4 Å². The van der Waals surface area contributed by atoms with Crippen LogP contribution in [0.4, 0.5) is 14.5 Å². The average molecular weight is 413 g/mol. The lowest BCUT2D eigenvalue weighted by Gasteiger charge is -2.17. The van der Waals surface area contributed by atoms with Gasteiger partial charge >= 0.3 is 0 Å². The van der Waals surface area contributed by atoms with Gasteiger partial charge in [-0.15, -0.1) is 11.3 Å². The molecule has 2 aromatic carbocycles. The van der Waals surface area contributed by atoms with Crippen LogP contribution in [0.25, 0.3) is 11.3 Å². The molecule has 5 nitrogen and oxygen atoms in total. The van der Waals surface area contributed by atoms with Gasteiger partial charge in [0.25, 0.3) is 0 Å². The van der Waals surface area contributed by atoms with Gasteiger partial charge in [-0.3, -0.25) is 9.59 Å². The molecule has 29 heavy (non-hydrogen) atoms. The molecule has 1 fully saturated rings. The first-order chi connectivity index (χ1) is 14.0. The fourth-order valence-corrected chi connectivity index (χ4v) is 4.00. The van der Waals surface area contributed by atoms with Crippen LogP contribution in [0.3, 0.4) is 0 Å². The quantitative estimate of drug-likeness (QED) is 0.693. The summed E-state index contributed by atoms with van der Waals surface area (Å²) in [4.78, 5) is 30.4. The van der Waals surface area contributed by atoms with Crippen molar-refractivity contribution in [2.45, 2.75) is 13.0 Å². The van der Waals surface area contributed by atoms with Gasteiger partial charge in [-0.25, -0.2) is 13.8 Å². The van der Waals surface area contributed by atoms with Crippen LogP contribution in [-0.2, 0) is 16.1 Å². The number of nitrogens with zero attached hydrogens (tertiary/aromatic N) is 2. The van der Waals surface area contributed by atoms with Crippen molar-refractivity contribution in [3.05, 3.63) is 70.6 Å². The van der Waals surface area contributed by atoms with Gasteiger partial charge in [0.1, 0.15) is 16.6 Å². The molecule has 1 atom stereocenters. The summed E-state index contributed by atoms with van der Waals surface area (Å²) < 4.78 is 27.1. The predicted molar refractivity (Wildman–Crippen MR) is 106 cm³/mol. The summed E-state index contributed by atoms with van der Waals surface area (Å²) in [6, 6.07) is 12.8. The maximum Gasteiger partial charge on any atom is 0.227 e. The van der Waals surface area contributed by atoms with Crippen molar-refractivity contribution < 1.29 is 18.4 Å². The van der Waals surface area contributed by atoms with Crippen molar-refractivity contribution in [3.8, 4) is 11.3 Å². The van der Waals surface area contributed by atoms with E-state index in [1.807, 2.05) is 35.7 Å². The second-order valence-electron chi connectivity index (χ2n) is 6.71. The number of aromatic nitrogens is 1. The van der Waals surface area contributed by atoms with E-state index < -0.39 is 17.6 Å². The molecular weight excluding hydrogens is 396 g/mol. The van der Waals surface area contributed by atoms with E-state index in [-0.39, 0.29) is 37.0 Å². The fourth-order valence-electron chi connectivity index (χ4n) is 3.26. The molecule has 2 amide bonds. The highest BCUT2D eigenvalue weighted by Crippen LogP contribution is 2.28. The molecule has 2 heterocycles. The Kier molecular flexibility index (Phi) is 5.35. The Morgan fingerprint density at radius 2 is 2.00 bits per heavy atom. The van der Waals surface area contributed by atoms with Crippen LogP contribution in [0.15, 0.2) is 53.9 Å². The number of hydrogen-bond acceptors (Lipinski definition) is 4. The van der Waals surface area contributed by atoms with Gasteiger partial charge in [-0.1, -0.05) is 30.3 Å². The van der Waals surface area contributed by atoms with Crippen LogP contribution in [-0.4, -0.2) is 23.3 Å². The number of anilines is 1. The molecule has 0 bridgehead atoms. The largest absolute Gasteiger partial charge is 0.349 e. The van der Waals surface area contributed by atoms with Crippen LogP contribution < -0.4 is 10.2 Å². The van der Waals surface area contributed by atoms with Crippen molar-refractivity contribution in [1.82, 2.24) is 10.3 Å². The average Bonchev–Trinajstić information content (AvgIpc) is 3.34. The first kappa shape index (κ1) is 19.2. The lowest BCUT2D eigenvalue weighted by atomic mass is 10.1. The standard InChI is InChI=1S/C21H17F2N3O2S/c22-15-6-7-18(16(23)9-15)26-11-14(8-20(26)27)21(28)24-10-19-25-17(12-29-19)13-4-2-1-3-5-13/h1-7,9,12,14H,8,10-11H2,(H,24,28). The Hall–Kier alpha value is -3.13. The molecule has 1 N–H and O–H groups in total. The maximum absolute atomic E-state index is 14.0. The van der Waals surface area contributed by atoms with Crippen LogP contribution in [0.1, 0.15) is 11.4 Å². The number of carbonyl (C=O) groups is 2. The monoisotopic (exact) mass is 413 g/mol. The Labute approximate surface area is 170 Å². The summed E-state index contributed by atoms with van der Waals surface area (Å²) in [5.41, 5.74) is 1.83. The molecule has 8 heteroatoms. The molecule has 0 radical (unpaired) electrons. The van der Waals surface area contributed by atoms with Crippen molar-refractivity contribution in [3.63, 3.8) is 0 Å². The summed E-state index contributed by atoms with van der Waals surface area (Å²) in [6.07, 6.45) is -0.0181. The smallest absolute Gasteiger partial charge is 0.227 e. The molecule has 0 aliphatic carbocycles. The number of halogens is 2. The highest BCUT2D eigenvalue weighted by molar-refractivity contribution is 7.09. The van der Waals surface area contributed by atoms with E-state index in [4.69, 9.17) is 0 Å². The van der Waals surface area contributed by atoms with Crippen LogP contribution in [0.5, 0.6) is 0 Å². The molecule has 148 valence electrons. The predicted octanol–water partition coefficient (Wildman–Crippen LogP) is 3.76. The van der Waals surface area contributed by atoms with E-state index in [9.17, 15) is 18.4 Å². The van der Waals surface area contributed by atoms with E-state index in [1.165, 1.54) is 22.3 Å². The van der Waals surface area contributed by atoms with Gasteiger partial charge in [0, 0.05) is 30.0 Å². The third-order valence-electron chi connectivity index (χ3n) is 4.73. The summed E-state index contributed by atoms with van der Waals surface area (Å²) in [6.45, 7) is 0.312. The normalized spacial score (nSPS) is 16.3. The first-order valence-electron chi connectivity index (χ1n) is 9.04. The Morgan fingerprint density at radius 3 is 2.76 bits per heavy atom. The lowest BCUT2D eigenvalue weighted by molar-refractivity contribution is -0.126. The van der Waals surface area contributed by atoms with Crippen LogP contribution in [0, 0.1) is 17.6 Å². The molecule has 3 aromatic rings. The maximum atomic E-state index is 14.0. The number of benzene rings is 2. The summed E-state index contributed by atoms with van der Waals surface area (Å²) in [7, 11) is 0. The number of thiazole rings is 1. The summed E-state index contributed by atoms with van der Waals surface area (Å²) in [5, 5.41) is 5.48. The third-order valence-corrected chi connectivity index (χ3v) is 5.58. The van der Waals surface area contributed by atoms with Gasteiger partial charge < -0.3 is 10.2 Å². The van der Waals surface area contributed by atoms with E-state index in [0.717, 1.165) is 28.4 Å². The summed E-state index contributed by atoms with van der Waals surface area (Å²) in [5.74, 6) is -2.79. The third kappa shape index (κ3) is 4.17. The first-order valence-corrected chi connectivity index (χ1v) is 9.92. The molecule has 4 rings (SSSR count). The van der Waals surface area contributed by atoms with Crippen molar-refractivity contribution >= 4 is 28.8 Å². The molecule has 0 saturated carbocycles. The number of carbonyl (C=O) groups excluding carboxylic acids is 2. The van der Waals surface area contributed by atoms with Gasteiger partial charge in [0.05, 0.1) is 23.8 Å². The summed E-state index contributed by atoms with van der Waals surface area (Å²) >= 11 is 1.44. The Bertz CT molecular complexity index is 1060. The van der Waals surface area contributed by atoms with Crippen molar-refractivity contribution in [2.24, 2.45) is 5.92 Å². The number of hydrogen-bond donors (Lipinski definition) is 1. The van der Waals surface area contributed by atoms with Gasteiger partial charge in [-0.05, 0) is 12.1 Å². The minimum atomic E-state index is -0.823. The van der Waals surface area contributed by atoms with Crippen molar-refractivity contribution in [1.29, 1.82) is 0 Å².